The molecule has 0 amide bonds. The lowest BCUT2D eigenvalue weighted by molar-refractivity contribution is -0.141. The Hall–Kier alpha value is -1.68. The van der Waals surface area contributed by atoms with Crippen molar-refractivity contribution in [2.45, 2.75) is 19.8 Å². The van der Waals surface area contributed by atoms with Crippen LogP contribution in [0.25, 0.3) is 0 Å². The van der Waals surface area contributed by atoms with Gasteiger partial charge < -0.3 is 5.11 Å². The second-order valence-electron chi connectivity index (χ2n) is 4.41. The summed E-state index contributed by atoms with van der Waals surface area (Å²) < 4.78 is 0. The first-order valence-electron chi connectivity index (χ1n) is 5.80. The zero-order valence-electron chi connectivity index (χ0n) is 10.2. The van der Waals surface area contributed by atoms with E-state index >= 15 is 0 Å². The van der Waals surface area contributed by atoms with E-state index in [1.807, 2.05) is 36.6 Å². The first kappa shape index (κ1) is 12.8. The van der Waals surface area contributed by atoms with E-state index in [-0.39, 0.29) is 0 Å². The summed E-state index contributed by atoms with van der Waals surface area (Å²) in [4.78, 5) is 15.4. The molecule has 0 saturated carbocycles. The summed E-state index contributed by atoms with van der Waals surface area (Å²) in [6.45, 7) is 2.02. The van der Waals surface area contributed by atoms with Crippen LogP contribution in [0.1, 0.15) is 16.8 Å². The van der Waals surface area contributed by atoms with E-state index < -0.39 is 11.9 Å². The summed E-state index contributed by atoms with van der Waals surface area (Å²) in [7, 11) is 0. The Kier molecular flexibility index (Phi) is 4.10. The second kappa shape index (κ2) is 5.78. The van der Waals surface area contributed by atoms with Crippen molar-refractivity contribution in [3.8, 4) is 0 Å². The fraction of sp³-hybridized carbons (Fsp3) is 0.286. The van der Waals surface area contributed by atoms with Crippen molar-refractivity contribution in [2.24, 2.45) is 5.92 Å². The van der Waals surface area contributed by atoms with E-state index in [4.69, 9.17) is 0 Å². The Bertz CT molecular complexity index is 505. The standard InChI is InChI=1S/C14H15NO2S/c1-10-2-4-11(5-3-10)6-12(14(16)17)7-13-8-18-9-15-13/h2-5,8-9,12H,6-7H2,1H3,(H,16,17). The fourth-order valence-electron chi connectivity index (χ4n) is 1.85. The smallest absolute Gasteiger partial charge is 0.307 e. The molecule has 0 aliphatic heterocycles. The van der Waals surface area contributed by atoms with Crippen LogP contribution in [0.3, 0.4) is 0 Å². The molecule has 0 aliphatic carbocycles. The summed E-state index contributed by atoms with van der Waals surface area (Å²) >= 11 is 1.50. The predicted octanol–water partition coefficient (Wildman–Crippen LogP) is 2.94. The molecule has 2 rings (SSSR count). The van der Waals surface area contributed by atoms with Crippen molar-refractivity contribution < 1.29 is 9.90 Å². The highest BCUT2D eigenvalue weighted by atomic mass is 32.1. The molecule has 1 aromatic heterocycles. The van der Waals surface area contributed by atoms with E-state index in [0.29, 0.717) is 12.8 Å². The third kappa shape index (κ3) is 3.40. The SMILES string of the molecule is Cc1ccc(CC(Cc2cscn2)C(=O)O)cc1. The molecule has 1 aromatic carbocycles. The predicted molar refractivity (Wildman–Crippen MR) is 71.8 cm³/mol. The molecule has 0 bridgehead atoms. The van der Waals surface area contributed by atoms with Crippen LogP contribution in [0.2, 0.25) is 0 Å². The number of aromatic nitrogens is 1. The van der Waals surface area contributed by atoms with Crippen LogP contribution >= 0.6 is 11.3 Å². The number of aryl methyl sites for hydroxylation is 1. The topological polar surface area (TPSA) is 50.2 Å². The lowest BCUT2D eigenvalue weighted by Gasteiger charge is -2.11. The molecule has 0 spiro atoms. The summed E-state index contributed by atoms with van der Waals surface area (Å²) in [5, 5.41) is 11.2. The normalized spacial score (nSPS) is 12.3. The van der Waals surface area contributed by atoms with Gasteiger partial charge in [0.1, 0.15) is 0 Å². The number of carboxylic acids is 1. The molecule has 0 fully saturated rings. The van der Waals surface area contributed by atoms with Gasteiger partial charge in [0.05, 0.1) is 17.1 Å². The average molecular weight is 261 g/mol. The van der Waals surface area contributed by atoms with Gasteiger partial charge in [0.15, 0.2) is 0 Å². The third-order valence-corrected chi connectivity index (χ3v) is 3.53. The van der Waals surface area contributed by atoms with Crippen molar-refractivity contribution in [1.29, 1.82) is 0 Å². The number of nitrogens with zero attached hydrogens (tertiary/aromatic N) is 1. The highest BCUT2D eigenvalue weighted by molar-refractivity contribution is 7.07. The maximum absolute atomic E-state index is 11.3. The molecule has 94 valence electrons. The number of carbonyl (C=O) groups is 1. The molecule has 1 atom stereocenters. The molecule has 0 radical (unpaired) electrons. The van der Waals surface area contributed by atoms with E-state index in [0.717, 1.165) is 11.3 Å². The van der Waals surface area contributed by atoms with Gasteiger partial charge in [0, 0.05) is 11.8 Å². The Morgan fingerprint density at radius 1 is 1.33 bits per heavy atom. The van der Waals surface area contributed by atoms with Crippen molar-refractivity contribution in [1.82, 2.24) is 4.98 Å². The minimum absolute atomic E-state index is 0.408. The molecular formula is C14H15NO2S. The number of thiazole rings is 1. The summed E-state index contributed by atoms with van der Waals surface area (Å²) in [6.07, 6.45) is 1.04. The zero-order chi connectivity index (χ0) is 13.0. The van der Waals surface area contributed by atoms with Crippen molar-refractivity contribution >= 4 is 17.3 Å². The van der Waals surface area contributed by atoms with Crippen LogP contribution in [-0.4, -0.2) is 16.1 Å². The van der Waals surface area contributed by atoms with Crippen LogP contribution in [0, 0.1) is 12.8 Å². The lowest BCUT2D eigenvalue weighted by atomic mass is 9.95. The number of benzene rings is 1. The number of rotatable bonds is 5. The van der Waals surface area contributed by atoms with Crippen molar-refractivity contribution in [3.63, 3.8) is 0 Å². The minimum Gasteiger partial charge on any atom is -0.481 e. The Morgan fingerprint density at radius 2 is 2.06 bits per heavy atom. The van der Waals surface area contributed by atoms with Crippen LogP contribution in [0.5, 0.6) is 0 Å². The molecule has 4 heteroatoms. The second-order valence-corrected chi connectivity index (χ2v) is 5.13. The van der Waals surface area contributed by atoms with Gasteiger partial charge in [0.25, 0.3) is 0 Å². The molecule has 0 aliphatic rings. The molecule has 1 unspecified atom stereocenters. The monoisotopic (exact) mass is 261 g/mol. The molecule has 1 N–H and O–H groups in total. The summed E-state index contributed by atoms with van der Waals surface area (Å²) in [5.41, 5.74) is 4.84. The number of aliphatic carboxylic acids is 1. The first-order valence-corrected chi connectivity index (χ1v) is 6.75. The van der Waals surface area contributed by atoms with E-state index in [9.17, 15) is 9.90 Å². The molecule has 18 heavy (non-hydrogen) atoms. The molecule has 0 saturated heterocycles. The van der Waals surface area contributed by atoms with Gasteiger partial charge in [-0.25, -0.2) is 4.98 Å². The first-order chi connectivity index (χ1) is 8.65. The molecule has 2 aromatic rings. The van der Waals surface area contributed by atoms with E-state index in [1.165, 1.54) is 16.9 Å². The number of hydrogen-bond acceptors (Lipinski definition) is 3. The van der Waals surface area contributed by atoms with Gasteiger partial charge in [-0.3, -0.25) is 4.79 Å². The quantitative estimate of drug-likeness (QED) is 0.900. The largest absolute Gasteiger partial charge is 0.481 e. The van der Waals surface area contributed by atoms with Gasteiger partial charge >= 0.3 is 5.97 Å². The molecule has 1 heterocycles. The summed E-state index contributed by atoms with van der Waals surface area (Å²) in [5.74, 6) is -1.17. The van der Waals surface area contributed by atoms with Gasteiger partial charge in [-0.15, -0.1) is 11.3 Å². The highest BCUT2D eigenvalue weighted by Gasteiger charge is 2.19. The van der Waals surface area contributed by atoms with Crippen molar-refractivity contribution in [3.05, 3.63) is 52.0 Å². The summed E-state index contributed by atoms with van der Waals surface area (Å²) in [6, 6.07) is 8.01. The maximum atomic E-state index is 11.3. The Morgan fingerprint density at radius 3 is 2.61 bits per heavy atom. The fourth-order valence-corrected chi connectivity index (χ4v) is 2.42. The van der Waals surface area contributed by atoms with Gasteiger partial charge in [-0.05, 0) is 18.9 Å². The lowest BCUT2D eigenvalue weighted by Crippen LogP contribution is -2.19. The van der Waals surface area contributed by atoms with Gasteiger partial charge in [0.2, 0.25) is 0 Å². The molecule has 3 nitrogen and oxygen atoms in total. The van der Waals surface area contributed by atoms with Crippen LogP contribution in [-0.2, 0) is 17.6 Å². The number of hydrogen-bond donors (Lipinski definition) is 1. The minimum atomic E-state index is -0.761. The van der Waals surface area contributed by atoms with Crippen LogP contribution in [0.15, 0.2) is 35.2 Å². The Balaban J connectivity index is 2.06. The molecular weight excluding hydrogens is 246 g/mol. The van der Waals surface area contributed by atoms with Gasteiger partial charge in [-0.2, -0.15) is 0 Å². The Labute approximate surface area is 110 Å². The highest BCUT2D eigenvalue weighted by Crippen LogP contribution is 2.16. The maximum Gasteiger partial charge on any atom is 0.307 e. The van der Waals surface area contributed by atoms with Crippen LogP contribution in [0.4, 0.5) is 0 Å². The third-order valence-electron chi connectivity index (χ3n) is 2.89. The van der Waals surface area contributed by atoms with Crippen LogP contribution < -0.4 is 0 Å². The number of carboxylic acid groups (broad SMARTS) is 1. The zero-order valence-corrected chi connectivity index (χ0v) is 11.0. The van der Waals surface area contributed by atoms with E-state index in [1.54, 1.807) is 5.51 Å². The average Bonchev–Trinajstić information content (AvgIpc) is 2.84. The van der Waals surface area contributed by atoms with Gasteiger partial charge in [-0.1, -0.05) is 29.8 Å². The van der Waals surface area contributed by atoms with Crippen molar-refractivity contribution in [2.75, 3.05) is 0 Å². The van der Waals surface area contributed by atoms with E-state index in [2.05, 4.69) is 4.98 Å².